The molecule has 0 saturated carbocycles. The molecule has 224 valence electrons. The monoisotopic (exact) mass is 637 g/mol. The zero-order valence-corrected chi connectivity index (χ0v) is 26.6. The molecule has 1 aliphatic heterocycles. The molecule has 0 bridgehead atoms. The van der Waals surface area contributed by atoms with E-state index in [1.807, 2.05) is 0 Å². The number of carbonyl (C=O) groups is 3. The molecule has 15 heteroatoms. The number of ether oxygens (including phenoxy) is 3. The minimum absolute atomic E-state index is 0. The number of phenols is 2. The summed E-state index contributed by atoms with van der Waals surface area (Å²) in [5.41, 5.74) is 2.37. The summed E-state index contributed by atoms with van der Waals surface area (Å²) in [6.45, 7) is 0.560. The molecule has 2 aromatic carbocycles. The van der Waals surface area contributed by atoms with Gasteiger partial charge >= 0.3 is 29.6 Å². The normalized spacial score (nSPS) is 27.7. The number of nitrogens with two attached hydrogens (primary N) is 1. The van der Waals surface area contributed by atoms with E-state index >= 15 is 0 Å². The maximum atomic E-state index is 13.6. The Bertz CT molecular complexity index is 1390. The van der Waals surface area contributed by atoms with Crippen molar-refractivity contribution in [2.75, 3.05) is 13.7 Å². The number of ketones is 3. The second kappa shape index (κ2) is 13.4. The summed E-state index contributed by atoms with van der Waals surface area (Å²) in [4.78, 5) is 39.7. The van der Waals surface area contributed by atoms with Gasteiger partial charge in [0.25, 0.3) is 0 Å². The van der Waals surface area contributed by atoms with Gasteiger partial charge in [0.15, 0.2) is 17.9 Å². The summed E-state index contributed by atoms with van der Waals surface area (Å²) in [5.74, 6) is -3.77. The Hall–Kier alpha value is -1.81. The van der Waals surface area contributed by atoms with Gasteiger partial charge in [0, 0.05) is 42.0 Å². The van der Waals surface area contributed by atoms with Crippen LogP contribution in [0.5, 0.6) is 17.2 Å². The van der Waals surface area contributed by atoms with Crippen LogP contribution < -0.4 is 52.4 Å². The molecule has 1 saturated heterocycles. The van der Waals surface area contributed by atoms with E-state index in [1.165, 1.54) is 25.3 Å². The molecule has 4 unspecified atom stereocenters. The van der Waals surface area contributed by atoms with E-state index in [4.69, 9.17) is 19.9 Å². The van der Waals surface area contributed by atoms with E-state index in [1.54, 1.807) is 6.92 Å². The summed E-state index contributed by atoms with van der Waals surface area (Å²) >= 11 is 0. The number of Topliss-reactive ketones (excluding diaryl/α,β-unsaturated/α-hetero) is 1. The van der Waals surface area contributed by atoms with E-state index < -0.39 is 95.7 Å². The zero-order chi connectivity index (χ0) is 28.4. The first-order valence-corrected chi connectivity index (χ1v) is 12.4. The second-order valence-electron chi connectivity index (χ2n) is 10.2. The van der Waals surface area contributed by atoms with Crippen molar-refractivity contribution in [2.24, 2.45) is 5.73 Å². The molecule has 42 heavy (non-hydrogen) atoms. The molecule has 2 aliphatic carbocycles. The molecule has 0 radical (unpaired) electrons. The minimum Gasteiger partial charge on any atom is -1.00 e. The fraction of sp³-hybridized carbons (Fsp3) is 0.444. The number of fused-ring (bicyclic) bond motifs is 3. The number of aliphatic hydroxyl groups is 3. The van der Waals surface area contributed by atoms with E-state index in [2.05, 4.69) is 0 Å². The topological polar surface area (TPSA) is 206 Å². The first-order chi connectivity index (χ1) is 18.4. The first kappa shape index (κ1) is 36.4. The first-order valence-electron chi connectivity index (χ1n) is 12.4. The van der Waals surface area contributed by atoms with Crippen LogP contribution in [0.3, 0.4) is 0 Å². The van der Waals surface area contributed by atoms with Gasteiger partial charge in [-0.15, -0.1) is 12.4 Å². The average molecular weight is 638 g/mol. The quantitative estimate of drug-likeness (QED) is 0.114. The molecule has 1 heterocycles. The SMILES string of the molecule is COc1cccc2c1C(=O)c1c(O)c3c(c(O)c1C2=O)C[C@@](O)(C(=O)CO)C[C@@H]3OC1CC(N)C(O)C(C)O1.Cl.[Cl-].[Na+]. The maximum Gasteiger partial charge on any atom is 1.00 e. The van der Waals surface area contributed by atoms with E-state index in [-0.39, 0.29) is 88.8 Å². The molecule has 0 aromatic heterocycles. The Morgan fingerprint density at radius 2 is 1.79 bits per heavy atom. The third-order valence-corrected chi connectivity index (χ3v) is 7.81. The summed E-state index contributed by atoms with van der Waals surface area (Å²) in [6.07, 6.45) is -5.12. The van der Waals surface area contributed by atoms with Gasteiger partial charge in [-0.3, -0.25) is 14.4 Å². The van der Waals surface area contributed by atoms with Crippen LogP contribution in [0.15, 0.2) is 18.2 Å². The standard InChI is InChI=1S/C27H29NO11.2ClH.Na/c1-10-22(31)13(28)6-17(38-10)39-15-8-27(36,16(30)9-29)7-12-19(15)26(35)21-20(24(12)33)23(32)11-4-3-5-14(37-2)18(11)25(21)34;;;/h3-5,10,13,15,17,22,29,31,33,35-36H,6-9,28H2,1-2H3;2*1H;/q;;;+1/p-1/t10?,13?,15-,17?,22?,27-;;;/m0.../s1. The smallest absolute Gasteiger partial charge is 1.00 e. The van der Waals surface area contributed by atoms with Crippen molar-refractivity contribution < 1.29 is 96.1 Å². The van der Waals surface area contributed by atoms with Crippen LogP contribution in [0.1, 0.15) is 68.8 Å². The van der Waals surface area contributed by atoms with Crippen molar-refractivity contribution in [1.82, 2.24) is 0 Å². The van der Waals surface area contributed by atoms with Crippen molar-refractivity contribution in [3.63, 3.8) is 0 Å². The van der Waals surface area contributed by atoms with Gasteiger partial charge in [0.1, 0.15) is 29.5 Å². The Kier molecular flexibility index (Phi) is 11.7. The third-order valence-electron chi connectivity index (χ3n) is 7.81. The number of benzene rings is 2. The van der Waals surface area contributed by atoms with Crippen molar-refractivity contribution in [1.29, 1.82) is 0 Å². The number of halogens is 2. The number of carbonyl (C=O) groups excluding carboxylic acids is 3. The van der Waals surface area contributed by atoms with Crippen molar-refractivity contribution >= 4 is 29.8 Å². The summed E-state index contributed by atoms with van der Waals surface area (Å²) in [7, 11) is 1.32. The summed E-state index contributed by atoms with van der Waals surface area (Å²) in [5, 5.41) is 53.7. The largest absolute Gasteiger partial charge is 1.00 e. The number of rotatable bonds is 5. The van der Waals surface area contributed by atoms with Crippen LogP contribution in [-0.2, 0) is 20.7 Å². The van der Waals surface area contributed by atoms with Crippen LogP contribution in [0.25, 0.3) is 0 Å². The molecule has 1 fully saturated rings. The molecular weight excluding hydrogens is 608 g/mol. The summed E-state index contributed by atoms with van der Waals surface area (Å²) < 4.78 is 17.0. The molecule has 2 aromatic rings. The fourth-order valence-corrected chi connectivity index (χ4v) is 5.75. The zero-order valence-electron chi connectivity index (χ0n) is 23.0. The Balaban J connectivity index is 0.00000205. The van der Waals surface area contributed by atoms with Crippen LogP contribution >= 0.6 is 12.4 Å². The van der Waals surface area contributed by atoms with E-state index in [9.17, 15) is 39.9 Å². The second-order valence-corrected chi connectivity index (χ2v) is 10.2. The molecule has 3 aliphatic rings. The Morgan fingerprint density at radius 3 is 2.38 bits per heavy atom. The predicted octanol–water partition coefficient (Wildman–Crippen LogP) is -5.57. The number of hydrogen-bond donors (Lipinski definition) is 6. The van der Waals surface area contributed by atoms with Crippen LogP contribution in [0.2, 0.25) is 0 Å². The van der Waals surface area contributed by atoms with Gasteiger partial charge in [-0.25, -0.2) is 0 Å². The number of phenolic OH excluding ortho intramolecular Hbond substituents is 2. The van der Waals surface area contributed by atoms with E-state index in [0.29, 0.717) is 0 Å². The summed E-state index contributed by atoms with van der Waals surface area (Å²) in [6, 6.07) is 3.64. The number of aromatic hydroxyl groups is 2. The molecule has 0 amide bonds. The van der Waals surface area contributed by atoms with Gasteiger partial charge in [0.2, 0.25) is 5.78 Å². The van der Waals surface area contributed by atoms with Crippen molar-refractivity contribution in [2.45, 2.75) is 62.4 Å². The van der Waals surface area contributed by atoms with Crippen molar-refractivity contribution in [3.8, 4) is 17.2 Å². The van der Waals surface area contributed by atoms with Crippen LogP contribution in [0.4, 0.5) is 0 Å². The molecule has 0 spiro atoms. The average Bonchev–Trinajstić information content (AvgIpc) is 2.90. The van der Waals surface area contributed by atoms with Gasteiger partial charge in [-0.2, -0.15) is 0 Å². The van der Waals surface area contributed by atoms with Gasteiger partial charge in [0.05, 0.1) is 42.1 Å². The minimum atomic E-state index is -2.24. The van der Waals surface area contributed by atoms with Crippen molar-refractivity contribution in [3.05, 3.63) is 51.6 Å². The van der Waals surface area contributed by atoms with Gasteiger partial charge < -0.3 is 57.9 Å². The van der Waals surface area contributed by atoms with Gasteiger partial charge in [-0.05, 0) is 13.0 Å². The molecular formula is C27H30Cl2NNaO11. The molecule has 6 atom stereocenters. The number of methoxy groups -OCH3 is 1. The van der Waals surface area contributed by atoms with Crippen LogP contribution in [0, 0.1) is 0 Å². The maximum absolute atomic E-state index is 13.6. The van der Waals surface area contributed by atoms with Crippen LogP contribution in [-0.4, -0.2) is 86.7 Å². The Morgan fingerprint density at radius 1 is 1.14 bits per heavy atom. The predicted molar refractivity (Wildman–Crippen MR) is 139 cm³/mol. The number of hydrogen-bond acceptors (Lipinski definition) is 12. The fourth-order valence-electron chi connectivity index (χ4n) is 5.75. The number of aliphatic hydroxyl groups excluding tert-OH is 2. The molecule has 7 N–H and O–H groups in total. The van der Waals surface area contributed by atoms with E-state index in [0.717, 1.165) is 0 Å². The molecule has 5 rings (SSSR count). The van der Waals surface area contributed by atoms with Gasteiger partial charge in [-0.1, -0.05) is 12.1 Å². The molecule has 12 nitrogen and oxygen atoms in total. The Labute approximate surface area is 275 Å². The third kappa shape index (κ3) is 5.71.